The molecule has 0 heterocycles. The minimum atomic E-state index is -1.61. The van der Waals surface area contributed by atoms with E-state index in [4.69, 9.17) is 5.73 Å². The summed E-state index contributed by atoms with van der Waals surface area (Å²) in [6.45, 7) is 0.113. The van der Waals surface area contributed by atoms with Gasteiger partial charge in [0.05, 0.1) is 6.04 Å². The van der Waals surface area contributed by atoms with Gasteiger partial charge in [-0.05, 0) is 17.7 Å². The minimum Gasteiger partial charge on any atom is -0.344 e. The fourth-order valence-corrected chi connectivity index (χ4v) is 1.89. The van der Waals surface area contributed by atoms with Crippen molar-refractivity contribution in [1.82, 2.24) is 5.32 Å². The monoisotopic (exact) mass is 294 g/mol. The van der Waals surface area contributed by atoms with Crippen molar-refractivity contribution in [2.45, 2.75) is 6.04 Å². The lowest BCUT2D eigenvalue weighted by atomic mass is 10.1. The maximum Gasteiger partial charge on any atom is 0.252 e. The Kier molecular flexibility index (Phi) is 4.59. The Labute approximate surface area is 119 Å². The van der Waals surface area contributed by atoms with E-state index in [1.165, 1.54) is 0 Å². The molecule has 21 heavy (non-hydrogen) atoms. The van der Waals surface area contributed by atoms with E-state index in [0.29, 0.717) is 12.1 Å². The Bertz CT molecular complexity index is 624. The molecule has 0 aliphatic carbocycles. The molecule has 0 saturated heterocycles. The number of nitrogens with one attached hydrogen (secondary N) is 1. The predicted molar refractivity (Wildman–Crippen MR) is 72.0 cm³/mol. The van der Waals surface area contributed by atoms with Crippen LogP contribution in [-0.4, -0.2) is 12.5 Å². The first-order valence-electron chi connectivity index (χ1n) is 6.23. The van der Waals surface area contributed by atoms with Crippen LogP contribution in [0, 0.1) is 17.5 Å². The summed E-state index contributed by atoms with van der Waals surface area (Å²) in [5.74, 6) is -5.16. The van der Waals surface area contributed by atoms with Gasteiger partial charge in [-0.15, -0.1) is 0 Å². The van der Waals surface area contributed by atoms with Crippen LogP contribution in [0.2, 0.25) is 0 Å². The number of amides is 1. The van der Waals surface area contributed by atoms with Gasteiger partial charge in [-0.25, -0.2) is 13.2 Å². The Balaban J connectivity index is 2.21. The molecule has 2 rings (SSSR count). The summed E-state index contributed by atoms with van der Waals surface area (Å²) in [5, 5.41) is 2.55. The topological polar surface area (TPSA) is 55.1 Å². The molecule has 0 fully saturated rings. The molecule has 3 nitrogen and oxygen atoms in total. The van der Waals surface area contributed by atoms with Crippen LogP contribution in [0.15, 0.2) is 42.5 Å². The zero-order valence-corrected chi connectivity index (χ0v) is 10.9. The van der Waals surface area contributed by atoms with Crippen LogP contribution >= 0.6 is 0 Å². The normalized spacial score (nSPS) is 12.0. The van der Waals surface area contributed by atoms with Gasteiger partial charge in [0.15, 0.2) is 17.5 Å². The second-order valence-corrected chi connectivity index (χ2v) is 4.43. The van der Waals surface area contributed by atoms with E-state index in [0.717, 1.165) is 5.56 Å². The summed E-state index contributed by atoms with van der Waals surface area (Å²) in [6.07, 6.45) is 0. The summed E-state index contributed by atoms with van der Waals surface area (Å²) < 4.78 is 39.1. The highest BCUT2D eigenvalue weighted by atomic mass is 19.2. The average Bonchev–Trinajstić information content (AvgIpc) is 2.50. The number of carbonyl (C=O) groups excluding carboxylic acids is 1. The summed E-state index contributed by atoms with van der Waals surface area (Å²) in [4.78, 5) is 12.0. The molecule has 110 valence electrons. The van der Waals surface area contributed by atoms with Crippen LogP contribution in [0.3, 0.4) is 0 Å². The van der Waals surface area contributed by atoms with Crippen molar-refractivity contribution in [2.75, 3.05) is 6.54 Å². The zero-order valence-electron chi connectivity index (χ0n) is 10.9. The van der Waals surface area contributed by atoms with Crippen molar-refractivity contribution in [3.63, 3.8) is 0 Å². The molecule has 0 radical (unpaired) electrons. The molecule has 0 aliphatic heterocycles. The second-order valence-electron chi connectivity index (χ2n) is 4.43. The highest BCUT2D eigenvalue weighted by molar-refractivity contribution is 5.94. The van der Waals surface area contributed by atoms with Crippen LogP contribution in [0.25, 0.3) is 0 Å². The first-order chi connectivity index (χ1) is 10.0. The van der Waals surface area contributed by atoms with E-state index in [-0.39, 0.29) is 12.1 Å². The molecule has 0 aliphatic rings. The summed E-state index contributed by atoms with van der Waals surface area (Å²) in [6, 6.07) is 9.69. The van der Waals surface area contributed by atoms with Gasteiger partial charge in [0, 0.05) is 12.1 Å². The molecule has 0 saturated carbocycles. The maximum atomic E-state index is 13.1. The van der Waals surface area contributed by atoms with Gasteiger partial charge in [-0.2, -0.15) is 0 Å². The van der Waals surface area contributed by atoms with Crippen molar-refractivity contribution in [3.05, 3.63) is 71.0 Å². The van der Waals surface area contributed by atoms with Gasteiger partial charge in [0.25, 0.3) is 5.91 Å². The van der Waals surface area contributed by atoms with Crippen molar-refractivity contribution in [1.29, 1.82) is 0 Å². The standard InChI is InChI=1S/C15H13F3N2O/c16-11-6-10(7-12(17)14(11)18)15(21)20-13(8-19)9-4-2-1-3-5-9/h1-7,13H,8,19H2,(H,20,21). The van der Waals surface area contributed by atoms with Gasteiger partial charge in [-0.1, -0.05) is 30.3 Å². The molecule has 2 aromatic carbocycles. The third-order valence-electron chi connectivity index (χ3n) is 2.99. The molecule has 1 atom stereocenters. The van der Waals surface area contributed by atoms with Gasteiger partial charge in [-0.3, -0.25) is 4.79 Å². The fourth-order valence-electron chi connectivity index (χ4n) is 1.89. The first-order valence-corrected chi connectivity index (χ1v) is 6.23. The molecular formula is C15H13F3N2O. The Morgan fingerprint density at radius 1 is 1.10 bits per heavy atom. The average molecular weight is 294 g/mol. The van der Waals surface area contributed by atoms with Crippen LogP contribution in [-0.2, 0) is 0 Å². The fraction of sp³-hybridized carbons (Fsp3) is 0.133. The maximum absolute atomic E-state index is 13.1. The van der Waals surface area contributed by atoms with Gasteiger partial charge in [0.1, 0.15) is 0 Å². The number of nitrogens with two attached hydrogens (primary N) is 1. The van der Waals surface area contributed by atoms with E-state index in [1.54, 1.807) is 24.3 Å². The van der Waals surface area contributed by atoms with Crippen molar-refractivity contribution in [2.24, 2.45) is 5.73 Å². The van der Waals surface area contributed by atoms with Crippen LogP contribution in [0.4, 0.5) is 13.2 Å². The lowest BCUT2D eigenvalue weighted by Crippen LogP contribution is -2.33. The number of halogens is 3. The van der Waals surface area contributed by atoms with E-state index in [9.17, 15) is 18.0 Å². The van der Waals surface area contributed by atoms with Crippen molar-refractivity contribution >= 4 is 5.91 Å². The molecule has 6 heteroatoms. The first kappa shape index (κ1) is 15.1. The molecule has 3 N–H and O–H groups in total. The molecule has 0 aromatic heterocycles. The molecule has 1 unspecified atom stereocenters. The van der Waals surface area contributed by atoms with Crippen LogP contribution < -0.4 is 11.1 Å². The molecule has 0 spiro atoms. The second kappa shape index (κ2) is 6.41. The van der Waals surface area contributed by atoms with Crippen molar-refractivity contribution in [3.8, 4) is 0 Å². The van der Waals surface area contributed by atoms with Crippen molar-refractivity contribution < 1.29 is 18.0 Å². The largest absolute Gasteiger partial charge is 0.344 e. The van der Waals surface area contributed by atoms with E-state index >= 15 is 0 Å². The van der Waals surface area contributed by atoms with E-state index in [2.05, 4.69) is 5.32 Å². The number of rotatable bonds is 4. The Hall–Kier alpha value is -2.34. The van der Waals surface area contributed by atoms with Crippen LogP contribution in [0.5, 0.6) is 0 Å². The lowest BCUT2D eigenvalue weighted by Gasteiger charge is -2.17. The zero-order chi connectivity index (χ0) is 15.4. The number of hydrogen-bond donors (Lipinski definition) is 2. The molecule has 2 aromatic rings. The van der Waals surface area contributed by atoms with Gasteiger partial charge < -0.3 is 11.1 Å². The summed E-state index contributed by atoms with van der Waals surface area (Å²) >= 11 is 0. The number of hydrogen-bond acceptors (Lipinski definition) is 2. The van der Waals surface area contributed by atoms with Gasteiger partial charge in [0.2, 0.25) is 0 Å². The van der Waals surface area contributed by atoms with E-state index in [1.807, 2.05) is 6.07 Å². The summed E-state index contributed by atoms with van der Waals surface area (Å²) in [7, 11) is 0. The number of carbonyl (C=O) groups is 1. The van der Waals surface area contributed by atoms with E-state index < -0.39 is 29.4 Å². The highest BCUT2D eigenvalue weighted by Crippen LogP contribution is 2.16. The van der Waals surface area contributed by atoms with Crippen LogP contribution in [0.1, 0.15) is 22.0 Å². The predicted octanol–water partition coefficient (Wildman–Crippen LogP) is 2.53. The third kappa shape index (κ3) is 3.41. The Morgan fingerprint density at radius 3 is 2.19 bits per heavy atom. The molecular weight excluding hydrogens is 281 g/mol. The summed E-state index contributed by atoms with van der Waals surface area (Å²) in [5.41, 5.74) is 6.05. The SMILES string of the molecule is NCC(NC(=O)c1cc(F)c(F)c(F)c1)c1ccccc1. The highest BCUT2D eigenvalue weighted by Gasteiger charge is 2.18. The lowest BCUT2D eigenvalue weighted by molar-refractivity contribution is 0.0936. The third-order valence-corrected chi connectivity index (χ3v) is 2.99. The number of benzene rings is 2. The van der Waals surface area contributed by atoms with Gasteiger partial charge >= 0.3 is 0 Å². The molecule has 0 bridgehead atoms. The minimum absolute atomic E-state index is 0.113. The quantitative estimate of drug-likeness (QED) is 0.851. The smallest absolute Gasteiger partial charge is 0.252 e. The Morgan fingerprint density at radius 2 is 1.67 bits per heavy atom. The molecule has 1 amide bonds.